The SMILES string of the molecule is CC(O)c1c(F)cccc1Oc1ccc(F)c(F)c1. The van der Waals surface area contributed by atoms with Gasteiger partial charge in [0.05, 0.1) is 11.7 Å². The summed E-state index contributed by atoms with van der Waals surface area (Å²) in [6.45, 7) is 1.39. The predicted octanol–water partition coefficient (Wildman–Crippen LogP) is 3.95. The molecule has 0 saturated carbocycles. The number of halogens is 3. The lowest BCUT2D eigenvalue weighted by atomic mass is 10.1. The van der Waals surface area contributed by atoms with E-state index in [1.54, 1.807) is 0 Å². The summed E-state index contributed by atoms with van der Waals surface area (Å²) in [5.74, 6) is -2.61. The number of rotatable bonds is 3. The van der Waals surface area contributed by atoms with Gasteiger partial charge in [-0.2, -0.15) is 0 Å². The maximum atomic E-state index is 13.6. The average Bonchev–Trinajstić information content (AvgIpc) is 2.33. The highest BCUT2D eigenvalue weighted by Crippen LogP contribution is 2.32. The van der Waals surface area contributed by atoms with E-state index < -0.39 is 23.6 Å². The Bertz CT molecular complexity index is 597. The van der Waals surface area contributed by atoms with E-state index in [2.05, 4.69) is 0 Å². The third-order valence-electron chi connectivity index (χ3n) is 2.55. The van der Waals surface area contributed by atoms with E-state index in [9.17, 15) is 18.3 Å². The summed E-state index contributed by atoms with van der Waals surface area (Å²) in [6, 6.07) is 7.00. The van der Waals surface area contributed by atoms with Crippen LogP contribution in [0.1, 0.15) is 18.6 Å². The van der Waals surface area contributed by atoms with Crippen molar-refractivity contribution in [1.29, 1.82) is 0 Å². The molecular weight excluding hydrogens is 257 g/mol. The lowest BCUT2D eigenvalue weighted by Crippen LogP contribution is -2.00. The number of hydrogen-bond acceptors (Lipinski definition) is 2. The highest BCUT2D eigenvalue weighted by Gasteiger charge is 2.15. The fraction of sp³-hybridized carbons (Fsp3) is 0.143. The molecule has 0 radical (unpaired) electrons. The van der Waals surface area contributed by atoms with Crippen LogP contribution in [0.15, 0.2) is 36.4 Å². The Morgan fingerprint density at radius 1 is 1.00 bits per heavy atom. The Kier molecular flexibility index (Phi) is 3.76. The molecule has 0 aromatic heterocycles. The number of aliphatic hydroxyl groups is 1. The maximum Gasteiger partial charge on any atom is 0.162 e. The van der Waals surface area contributed by atoms with Crippen molar-refractivity contribution in [3.05, 3.63) is 59.4 Å². The molecule has 1 unspecified atom stereocenters. The minimum Gasteiger partial charge on any atom is -0.457 e. The topological polar surface area (TPSA) is 29.5 Å². The Morgan fingerprint density at radius 2 is 1.74 bits per heavy atom. The lowest BCUT2D eigenvalue weighted by Gasteiger charge is -2.14. The van der Waals surface area contributed by atoms with Crippen molar-refractivity contribution in [1.82, 2.24) is 0 Å². The van der Waals surface area contributed by atoms with Crippen LogP contribution in [0.2, 0.25) is 0 Å². The first-order valence-corrected chi connectivity index (χ1v) is 5.58. The third kappa shape index (κ3) is 2.88. The summed E-state index contributed by atoms with van der Waals surface area (Å²) in [5, 5.41) is 9.51. The molecule has 0 aliphatic carbocycles. The van der Waals surface area contributed by atoms with E-state index in [4.69, 9.17) is 4.74 Å². The Balaban J connectivity index is 2.38. The number of aliphatic hydroxyl groups excluding tert-OH is 1. The minimum atomic E-state index is -1.08. The second-order valence-electron chi connectivity index (χ2n) is 4.01. The predicted molar refractivity (Wildman–Crippen MR) is 63.5 cm³/mol. The van der Waals surface area contributed by atoms with Gasteiger partial charge >= 0.3 is 0 Å². The van der Waals surface area contributed by atoms with Gasteiger partial charge in [-0.25, -0.2) is 13.2 Å². The summed E-state index contributed by atoms with van der Waals surface area (Å²) in [6.07, 6.45) is -1.08. The van der Waals surface area contributed by atoms with Gasteiger partial charge in [-0.3, -0.25) is 0 Å². The van der Waals surface area contributed by atoms with Crippen LogP contribution in [-0.2, 0) is 0 Å². The molecule has 0 amide bonds. The standard InChI is InChI=1S/C14H11F3O2/c1-8(18)14-11(16)3-2-4-13(14)19-9-5-6-10(15)12(17)7-9/h2-8,18H,1H3. The van der Waals surface area contributed by atoms with Crippen LogP contribution in [0.4, 0.5) is 13.2 Å². The molecule has 0 spiro atoms. The molecule has 0 fully saturated rings. The van der Waals surface area contributed by atoms with E-state index >= 15 is 0 Å². The zero-order valence-corrected chi connectivity index (χ0v) is 10.0. The van der Waals surface area contributed by atoms with Gasteiger partial charge < -0.3 is 9.84 Å². The minimum absolute atomic E-state index is 0.0198. The zero-order valence-electron chi connectivity index (χ0n) is 10.0. The van der Waals surface area contributed by atoms with Crippen molar-refractivity contribution in [2.24, 2.45) is 0 Å². The van der Waals surface area contributed by atoms with Crippen LogP contribution < -0.4 is 4.74 Å². The van der Waals surface area contributed by atoms with E-state index in [0.717, 1.165) is 12.1 Å². The van der Waals surface area contributed by atoms with Gasteiger partial charge in [0, 0.05) is 6.07 Å². The van der Waals surface area contributed by atoms with Gasteiger partial charge in [-0.1, -0.05) is 6.07 Å². The van der Waals surface area contributed by atoms with Gasteiger partial charge in [-0.15, -0.1) is 0 Å². The van der Waals surface area contributed by atoms with Gasteiger partial charge in [0.1, 0.15) is 17.3 Å². The monoisotopic (exact) mass is 268 g/mol. The molecule has 5 heteroatoms. The zero-order chi connectivity index (χ0) is 14.0. The molecule has 0 saturated heterocycles. The molecule has 2 rings (SSSR count). The Labute approximate surface area is 108 Å². The molecule has 100 valence electrons. The van der Waals surface area contributed by atoms with Gasteiger partial charge in [-0.05, 0) is 31.2 Å². The number of ether oxygens (including phenoxy) is 1. The fourth-order valence-electron chi connectivity index (χ4n) is 1.68. The van der Waals surface area contributed by atoms with Crippen molar-refractivity contribution < 1.29 is 23.0 Å². The molecule has 2 aromatic carbocycles. The summed E-state index contributed by atoms with van der Waals surface area (Å²) in [4.78, 5) is 0. The van der Waals surface area contributed by atoms with Crippen LogP contribution in [0.3, 0.4) is 0 Å². The first-order valence-electron chi connectivity index (χ1n) is 5.58. The first-order chi connectivity index (χ1) is 8.99. The first kappa shape index (κ1) is 13.4. The van der Waals surface area contributed by atoms with Crippen LogP contribution in [0, 0.1) is 17.5 Å². The molecule has 0 heterocycles. The van der Waals surface area contributed by atoms with E-state index in [1.807, 2.05) is 0 Å². The fourth-order valence-corrected chi connectivity index (χ4v) is 1.68. The van der Waals surface area contributed by atoms with Crippen molar-refractivity contribution in [3.63, 3.8) is 0 Å². The molecule has 2 aromatic rings. The van der Waals surface area contributed by atoms with Crippen LogP contribution in [0.5, 0.6) is 11.5 Å². The van der Waals surface area contributed by atoms with Crippen molar-refractivity contribution >= 4 is 0 Å². The van der Waals surface area contributed by atoms with Crippen molar-refractivity contribution in [2.75, 3.05) is 0 Å². The molecule has 0 bridgehead atoms. The molecular formula is C14H11F3O2. The van der Waals surface area contributed by atoms with E-state index in [1.165, 1.54) is 31.2 Å². The molecule has 0 aliphatic heterocycles. The highest BCUT2D eigenvalue weighted by molar-refractivity contribution is 5.40. The van der Waals surface area contributed by atoms with Gasteiger partial charge in [0.2, 0.25) is 0 Å². The molecule has 0 aliphatic rings. The summed E-state index contributed by atoms with van der Waals surface area (Å²) >= 11 is 0. The van der Waals surface area contributed by atoms with Gasteiger partial charge in [0.15, 0.2) is 11.6 Å². The second kappa shape index (κ2) is 5.32. The largest absolute Gasteiger partial charge is 0.457 e. The third-order valence-corrected chi connectivity index (χ3v) is 2.55. The summed E-state index contributed by atoms with van der Waals surface area (Å²) in [7, 11) is 0. The summed E-state index contributed by atoms with van der Waals surface area (Å²) in [5.41, 5.74) is -0.0350. The normalized spacial score (nSPS) is 12.3. The van der Waals surface area contributed by atoms with Crippen LogP contribution in [0.25, 0.3) is 0 Å². The summed E-state index contributed by atoms with van der Waals surface area (Å²) < 4.78 is 44.7. The Morgan fingerprint density at radius 3 is 2.37 bits per heavy atom. The van der Waals surface area contributed by atoms with Crippen LogP contribution in [-0.4, -0.2) is 5.11 Å². The van der Waals surface area contributed by atoms with Crippen molar-refractivity contribution in [2.45, 2.75) is 13.0 Å². The Hall–Kier alpha value is -2.01. The van der Waals surface area contributed by atoms with Crippen molar-refractivity contribution in [3.8, 4) is 11.5 Å². The molecule has 19 heavy (non-hydrogen) atoms. The lowest BCUT2D eigenvalue weighted by molar-refractivity contribution is 0.190. The van der Waals surface area contributed by atoms with Crippen LogP contribution >= 0.6 is 0 Å². The smallest absolute Gasteiger partial charge is 0.162 e. The number of benzene rings is 2. The maximum absolute atomic E-state index is 13.6. The second-order valence-corrected chi connectivity index (χ2v) is 4.01. The molecule has 1 atom stereocenters. The average molecular weight is 268 g/mol. The quantitative estimate of drug-likeness (QED) is 0.913. The van der Waals surface area contributed by atoms with Gasteiger partial charge in [0.25, 0.3) is 0 Å². The highest BCUT2D eigenvalue weighted by atomic mass is 19.2. The van der Waals surface area contributed by atoms with E-state index in [0.29, 0.717) is 0 Å². The molecule has 2 nitrogen and oxygen atoms in total. The molecule has 1 N–H and O–H groups in total. The van der Waals surface area contributed by atoms with E-state index in [-0.39, 0.29) is 17.1 Å². The number of hydrogen-bond donors (Lipinski definition) is 1.